The number of carbonyl (C=O) groups is 1. The highest BCUT2D eigenvalue weighted by molar-refractivity contribution is 5.94. The fourth-order valence-corrected chi connectivity index (χ4v) is 3.45. The summed E-state index contributed by atoms with van der Waals surface area (Å²) in [5, 5.41) is 5.93. The van der Waals surface area contributed by atoms with Gasteiger partial charge in [-0.2, -0.15) is 13.2 Å². The quantitative estimate of drug-likeness (QED) is 0.504. The Morgan fingerprint density at radius 3 is 2.52 bits per heavy atom. The number of nitrogens with zero attached hydrogens (tertiary/aromatic N) is 3. The predicted molar refractivity (Wildman–Crippen MR) is 116 cm³/mol. The van der Waals surface area contributed by atoms with Gasteiger partial charge in [-0.15, -0.1) is 0 Å². The molecule has 1 aliphatic rings. The lowest BCUT2D eigenvalue weighted by atomic mass is 10.1. The molecular weight excluding hydrogens is 440 g/mol. The first-order valence-electron chi connectivity index (χ1n) is 10.1. The lowest BCUT2D eigenvalue weighted by Gasteiger charge is -2.29. The second-order valence-corrected chi connectivity index (χ2v) is 7.45. The van der Waals surface area contributed by atoms with Gasteiger partial charge in [-0.25, -0.2) is 14.4 Å². The highest BCUT2D eigenvalue weighted by atomic mass is 19.4. The minimum absolute atomic E-state index is 0.159. The number of amides is 1. The number of piperazine rings is 1. The van der Waals surface area contributed by atoms with Crippen molar-refractivity contribution in [3.8, 4) is 11.3 Å². The second-order valence-electron chi connectivity index (χ2n) is 7.45. The third-order valence-electron chi connectivity index (χ3n) is 5.15. The number of benzene rings is 1. The molecule has 4 N–H and O–H groups in total. The SMILES string of the molecule is NC(=O)c1cc(-c2ccnc(Nc3ccc(C(F)(F)F)cc3F)c2)nc(N2CCNCC2)c1. The van der Waals surface area contributed by atoms with Crippen LogP contribution in [0.2, 0.25) is 0 Å². The van der Waals surface area contributed by atoms with Crippen LogP contribution in [-0.2, 0) is 6.18 Å². The van der Waals surface area contributed by atoms with Crippen molar-refractivity contribution < 1.29 is 22.4 Å². The normalized spacial score (nSPS) is 14.2. The number of hydrogen-bond acceptors (Lipinski definition) is 6. The van der Waals surface area contributed by atoms with Crippen molar-refractivity contribution in [3.63, 3.8) is 0 Å². The predicted octanol–water partition coefficient (Wildman–Crippen LogP) is 3.55. The topological polar surface area (TPSA) is 96.2 Å². The molecule has 0 saturated carbocycles. The van der Waals surface area contributed by atoms with Crippen molar-refractivity contribution in [1.29, 1.82) is 0 Å². The van der Waals surface area contributed by atoms with Crippen molar-refractivity contribution in [2.75, 3.05) is 36.4 Å². The molecule has 3 heterocycles. The Kier molecular flexibility index (Phi) is 6.14. The Morgan fingerprint density at radius 1 is 1.09 bits per heavy atom. The van der Waals surface area contributed by atoms with E-state index in [0.717, 1.165) is 25.2 Å². The van der Waals surface area contributed by atoms with Crippen LogP contribution >= 0.6 is 0 Å². The maximum atomic E-state index is 14.2. The first-order chi connectivity index (χ1) is 15.7. The summed E-state index contributed by atoms with van der Waals surface area (Å²) in [6.45, 7) is 2.98. The Morgan fingerprint density at radius 2 is 1.85 bits per heavy atom. The highest BCUT2D eigenvalue weighted by Crippen LogP contribution is 2.32. The Labute approximate surface area is 186 Å². The van der Waals surface area contributed by atoms with Crippen LogP contribution in [-0.4, -0.2) is 42.1 Å². The Hall–Kier alpha value is -3.73. The molecule has 4 rings (SSSR count). The van der Waals surface area contributed by atoms with E-state index in [1.54, 1.807) is 24.3 Å². The van der Waals surface area contributed by atoms with Gasteiger partial charge in [-0.05, 0) is 42.5 Å². The second kappa shape index (κ2) is 9.02. The molecule has 0 bridgehead atoms. The molecular formula is C22H20F4N6O. The lowest BCUT2D eigenvalue weighted by molar-refractivity contribution is -0.137. The molecule has 3 aromatic rings. The largest absolute Gasteiger partial charge is 0.416 e. The lowest BCUT2D eigenvalue weighted by Crippen LogP contribution is -2.44. The van der Waals surface area contributed by atoms with Gasteiger partial charge in [0.2, 0.25) is 5.91 Å². The van der Waals surface area contributed by atoms with E-state index in [2.05, 4.69) is 20.6 Å². The van der Waals surface area contributed by atoms with E-state index in [1.165, 1.54) is 6.20 Å². The van der Waals surface area contributed by atoms with Gasteiger partial charge in [0.15, 0.2) is 0 Å². The maximum absolute atomic E-state index is 14.2. The van der Waals surface area contributed by atoms with Crippen molar-refractivity contribution >= 4 is 23.2 Å². The molecule has 11 heteroatoms. The average Bonchev–Trinajstić information content (AvgIpc) is 2.80. The minimum Gasteiger partial charge on any atom is -0.366 e. The van der Waals surface area contributed by atoms with Crippen LogP contribution in [0.1, 0.15) is 15.9 Å². The highest BCUT2D eigenvalue weighted by Gasteiger charge is 2.31. The monoisotopic (exact) mass is 460 g/mol. The van der Waals surface area contributed by atoms with Crippen LogP contribution in [0.25, 0.3) is 11.3 Å². The van der Waals surface area contributed by atoms with Crippen LogP contribution in [0.5, 0.6) is 0 Å². The molecule has 172 valence electrons. The van der Waals surface area contributed by atoms with Gasteiger partial charge in [0, 0.05) is 43.5 Å². The first-order valence-corrected chi connectivity index (χ1v) is 10.1. The van der Waals surface area contributed by atoms with E-state index >= 15 is 0 Å². The van der Waals surface area contributed by atoms with E-state index in [1.807, 2.05) is 4.90 Å². The van der Waals surface area contributed by atoms with Gasteiger partial charge < -0.3 is 21.3 Å². The van der Waals surface area contributed by atoms with Crippen molar-refractivity contribution in [2.45, 2.75) is 6.18 Å². The van der Waals surface area contributed by atoms with E-state index < -0.39 is 23.5 Å². The van der Waals surface area contributed by atoms with Crippen LogP contribution in [0.15, 0.2) is 48.7 Å². The molecule has 0 aliphatic carbocycles. The number of aromatic nitrogens is 2. The molecule has 33 heavy (non-hydrogen) atoms. The van der Waals surface area contributed by atoms with Crippen molar-refractivity contribution in [2.24, 2.45) is 5.73 Å². The van der Waals surface area contributed by atoms with Gasteiger partial charge in [-0.3, -0.25) is 4.79 Å². The summed E-state index contributed by atoms with van der Waals surface area (Å²) in [5.74, 6) is -0.870. The third kappa shape index (κ3) is 5.20. The molecule has 1 aromatic carbocycles. The fourth-order valence-electron chi connectivity index (χ4n) is 3.45. The van der Waals surface area contributed by atoms with Crippen LogP contribution < -0.4 is 21.3 Å². The summed E-state index contributed by atoms with van der Waals surface area (Å²) in [6, 6.07) is 8.60. The van der Waals surface area contributed by atoms with Crippen LogP contribution in [0.4, 0.5) is 34.9 Å². The summed E-state index contributed by atoms with van der Waals surface area (Å²) in [7, 11) is 0. The maximum Gasteiger partial charge on any atom is 0.416 e. The van der Waals surface area contributed by atoms with E-state index in [-0.39, 0.29) is 17.1 Å². The summed E-state index contributed by atoms with van der Waals surface area (Å²) in [6.07, 6.45) is -3.19. The Bertz CT molecular complexity index is 1180. The molecule has 1 saturated heterocycles. The average molecular weight is 460 g/mol. The van der Waals surface area contributed by atoms with Crippen molar-refractivity contribution in [3.05, 3.63) is 65.6 Å². The number of anilines is 3. The van der Waals surface area contributed by atoms with Gasteiger partial charge in [-0.1, -0.05) is 0 Å². The van der Waals surface area contributed by atoms with E-state index in [4.69, 9.17) is 5.73 Å². The molecule has 0 unspecified atom stereocenters. The fraction of sp³-hybridized carbons (Fsp3) is 0.227. The van der Waals surface area contributed by atoms with Crippen LogP contribution in [0.3, 0.4) is 0 Å². The number of primary amides is 1. The molecule has 2 aromatic heterocycles. The van der Waals surface area contributed by atoms with Gasteiger partial charge in [0.1, 0.15) is 17.5 Å². The number of carbonyl (C=O) groups excluding carboxylic acids is 1. The molecule has 7 nitrogen and oxygen atoms in total. The number of alkyl halides is 3. The Balaban J connectivity index is 1.65. The molecule has 1 amide bonds. The van der Waals surface area contributed by atoms with Gasteiger partial charge in [0.05, 0.1) is 16.9 Å². The van der Waals surface area contributed by atoms with E-state index in [0.29, 0.717) is 36.2 Å². The molecule has 0 spiro atoms. The standard InChI is InChI=1S/C22H20F4N6O/c23-16-12-15(22(24,25)26)1-2-17(16)30-19-10-13(3-4-29-19)18-9-14(21(27)33)11-20(31-18)32-7-5-28-6-8-32/h1-4,9-12,28H,5-8H2,(H2,27,33)(H,29,30). The number of rotatable bonds is 5. The molecule has 0 radical (unpaired) electrons. The summed E-state index contributed by atoms with van der Waals surface area (Å²) < 4.78 is 52.6. The number of hydrogen-bond donors (Lipinski definition) is 3. The van der Waals surface area contributed by atoms with Crippen LogP contribution in [0, 0.1) is 5.82 Å². The zero-order chi connectivity index (χ0) is 23.6. The smallest absolute Gasteiger partial charge is 0.366 e. The summed E-state index contributed by atoms with van der Waals surface area (Å²) in [5.41, 5.74) is 5.58. The number of nitrogens with two attached hydrogens (primary N) is 1. The third-order valence-corrected chi connectivity index (χ3v) is 5.15. The zero-order valence-electron chi connectivity index (χ0n) is 17.3. The molecule has 0 atom stereocenters. The van der Waals surface area contributed by atoms with Crippen molar-refractivity contribution in [1.82, 2.24) is 15.3 Å². The molecule has 1 aliphatic heterocycles. The first kappa shape index (κ1) is 22.5. The van der Waals surface area contributed by atoms with Gasteiger partial charge >= 0.3 is 6.18 Å². The summed E-state index contributed by atoms with van der Waals surface area (Å²) in [4.78, 5) is 22.7. The number of halogens is 4. The summed E-state index contributed by atoms with van der Waals surface area (Å²) >= 11 is 0. The molecule has 1 fully saturated rings. The zero-order valence-corrected chi connectivity index (χ0v) is 17.3. The van der Waals surface area contributed by atoms with Gasteiger partial charge in [0.25, 0.3) is 0 Å². The number of nitrogens with one attached hydrogen (secondary N) is 2. The number of pyridine rings is 2. The minimum atomic E-state index is -4.64. The van der Waals surface area contributed by atoms with E-state index in [9.17, 15) is 22.4 Å².